The van der Waals surface area contributed by atoms with Gasteiger partial charge < -0.3 is 15.3 Å². The molecule has 2 aromatic carbocycles. The van der Waals surface area contributed by atoms with E-state index in [-0.39, 0.29) is 11.5 Å². The van der Waals surface area contributed by atoms with Gasteiger partial charge in [-0.1, -0.05) is 12.1 Å². The van der Waals surface area contributed by atoms with Crippen molar-refractivity contribution in [3.63, 3.8) is 0 Å². The standard InChI is InChI=1S/C14H12Br2O3/c15-10-5-2-8(7-11(10)16)1-3-9-4-6-12(17)14(19)13(9)18/h2,4-7,17-19H,1,3H2. The van der Waals surface area contributed by atoms with Gasteiger partial charge in [-0.3, -0.25) is 0 Å². The van der Waals surface area contributed by atoms with E-state index in [2.05, 4.69) is 31.9 Å². The van der Waals surface area contributed by atoms with Crippen molar-refractivity contribution in [2.75, 3.05) is 0 Å². The van der Waals surface area contributed by atoms with Gasteiger partial charge in [-0.2, -0.15) is 0 Å². The van der Waals surface area contributed by atoms with E-state index in [9.17, 15) is 15.3 Å². The van der Waals surface area contributed by atoms with E-state index in [0.29, 0.717) is 12.0 Å². The Kier molecular flexibility index (Phi) is 4.37. The number of phenols is 3. The number of rotatable bonds is 3. The van der Waals surface area contributed by atoms with Crippen molar-refractivity contribution in [1.82, 2.24) is 0 Å². The van der Waals surface area contributed by atoms with Crippen molar-refractivity contribution in [3.05, 3.63) is 50.4 Å². The first-order valence-electron chi connectivity index (χ1n) is 5.65. The van der Waals surface area contributed by atoms with Crippen molar-refractivity contribution >= 4 is 31.9 Å². The second kappa shape index (κ2) is 5.84. The Labute approximate surface area is 127 Å². The third-order valence-corrected chi connectivity index (χ3v) is 4.76. The Hall–Kier alpha value is -1.20. The van der Waals surface area contributed by atoms with Crippen molar-refractivity contribution in [3.8, 4) is 17.2 Å². The van der Waals surface area contributed by atoms with E-state index < -0.39 is 5.75 Å². The molecule has 3 nitrogen and oxygen atoms in total. The second-order valence-electron chi connectivity index (χ2n) is 4.19. The summed E-state index contributed by atoms with van der Waals surface area (Å²) in [5.41, 5.74) is 1.72. The van der Waals surface area contributed by atoms with Crippen molar-refractivity contribution < 1.29 is 15.3 Å². The molecule has 0 saturated carbocycles. The summed E-state index contributed by atoms with van der Waals surface area (Å²) < 4.78 is 1.96. The van der Waals surface area contributed by atoms with E-state index in [1.54, 1.807) is 6.07 Å². The van der Waals surface area contributed by atoms with Crippen LogP contribution in [0.25, 0.3) is 0 Å². The van der Waals surface area contributed by atoms with E-state index in [1.165, 1.54) is 6.07 Å². The molecule has 0 aliphatic rings. The van der Waals surface area contributed by atoms with Crippen LogP contribution >= 0.6 is 31.9 Å². The molecule has 0 unspecified atom stereocenters. The molecule has 0 fully saturated rings. The summed E-state index contributed by atoms with van der Waals surface area (Å²) >= 11 is 6.85. The normalized spacial score (nSPS) is 10.6. The predicted molar refractivity (Wildman–Crippen MR) is 80.7 cm³/mol. The number of phenolic OH excluding ortho intramolecular Hbond substituents is 3. The molecule has 0 saturated heterocycles. The zero-order valence-corrected chi connectivity index (χ0v) is 13.1. The van der Waals surface area contributed by atoms with Gasteiger partial charge in [0.1, 0.15) is 0 Å². The van der Waals surface area contributed by atoms with Gasteiger partial charge >= 0.3 is 0 Å². The van der Waals surface area contributed by atoms with Crippen molar-refractivity contribution in [2.45, 2.75) is 12.8 Å². The summed E-state index contributed by atoms with van der Waals surface area (Å²) in [4.78, 5) is 0. The lowest BCUT2D eigenvalue weighted by Gasteiger charge is -2.08. The first-order chi connectivity index (χ1) is 8.99. The Bertz CT molecular complexity index is 612. The van der Waals surface area contributed by atoms with Gasteiger partial charge in [-0.15, -0.1) is 0 Å². The summed E-state index contributed by atoms with van der Waals surface area (Å²) in [7, 11) is 0. The van der Waals surface area contributed by atoms with Crippen LogP contribution in [0.1, 0.15) is 11.1 Å². The molecule has 100 valence electrons. The molecule has 0 aromatic heterocycles. The first kappa shape index (κ1) is 14.2. The highest BCUT2D eigenvalue weighted by Gasteiger charge is 2.11. The number of hydrogen-bond donors (Lipinski definition) is 3. The predicted octanol–water partition coefficient (Wildman–Crippen LogP) is 4.11. The first-order valence-corrected chi connectivity index (χ1v) is 7.24. The fourth-order valence-corrected chi connectivity index (χ4v) is 2.46. The number of hydrogen-bond acceptors (Lipinski definition) is 3. The maximum absolute atomic E-state index is 9.73. The summed E-state index contributed by atoms with van der Waals surface area (Å²) in [6, 6.07) is 8.93. The van der Waals surface area contributed by atoms with Crippen LogP contribution in [0.15, 0.2) is 39.3 Å². The molecule has 0 atom stereocenters. The number of aryl methyl sites for hydroxylation is 2. The van der Waals surface area contributed by atoms with E-state index in [4.69, 9.17) is 0 Å². The Balaban J connectivity index is 2.14. The molecular weight excluding hydrogens is 376 g/mol. The minimum atomic E-state index is -0.463. The largest absolute Gasteiger partial charge is 0.504 e. The molecule has 0 spiro atoms. The van der Waals surface area contributed by atoms with Crippen LogP contribution in [0.2, 0.25) is 0 Å². The van der Waals surface area contributed by atoms with Crippen LogP contribution in [-0.4, -0.2) is 15.3 Å². The van der Waals surface area contributed by atoms with Crippen LogP contribution in [0.3, 0.4) is 0 Å². The van der Waals surface area contributed by atoms with Crippen LogP contribution < -0.4 is 0 Å². The summed E-state index contributed by atoms with van der Waals surface area (Å²) in [5, 5.41) is 28.4. The smallest absolute Gasteiger partial charge is 0.200 e. The van der Waals surface area contributed by atoms with Gasteiger partial charge in [0, 0.05) is 8.95 Å². The highest BCUT2D eigenvalue weighted by Crippen LogP contribution is 2.37. The Morgan fingerprint density at radius 1 is 0.789 bits per heavy atom. The van der Waals surface area contributed by atoms with Gasteiger partial charge in [-0.25, -0.2) is 0 Å². The molecule has 0 heterocycles. The zero-order chi connectivity index (χ0) is 14.0. The summed E-state index contributed by atoms with van der Waals surface area (Å²) in [6.45, 7) is 0. The zero-order valence-electron chi connectivity index (χ0n) is 9.90. The van der Waals surface area contributed by atoms with Gasteiger partial charge in [0.25, 0.3) is 0 Å². The maximum atomic E-state index is 9.73. The third kappa shape index (κ3) is 3.22. The molecule has 0 radical (unpaired) electrons. The maximum Gasteiger partial charge on any atom is 0.200 e. The lowest BCUT2D eigenvalue weighted by molar-refractivity contribution is 0.365. The van der Waals surface area contributed by atoms with Crippen LogP contribution in [0, 0.1) is 0 Å². The molecule has 2 aromatic rings. The molecule has 0 amide bonds. The van der Waals surface area contributed by atoms with Gasteiger partial charge in [-0.05, 0) is 74.0 Å². The molecule has 0 bridgehead atoms. The SMILES string of the molecule is Oc1ccc(CCc2ccc(Br)c(Br)c2)c(O)c1O. The van der Waals surface area contributed by atoms with Gasteiger partial charge in [0.15, 0.2) is 11.5 Å². The average Bonchev–Trinajstić information content (AvgIpc) is 2.39. The number of halogens is 2. The molecule has 0 aliphatic carbocycles. The van der Waals surface area contributed by atoms with Gasteiger partial charge in [0.05, 0.1) is 0 Å². The monoisotopic (exact) mass is 386 g/mol. The highest BCUT2D eigenvalue weighted by atomic mass is 79.9. The lowest BCUT2D eigenvalue weighted by atomic mass is 10.0. The summed E-state index contributed by atoms with van der Waals surface area (Å²) in [5.74, 6) is -1.03. The van der Waals surface area contributed by atoms with Crippen molar-refractivity contribution in [1.29, 1.82) is 0 Å². The van der Waals surface area contributed by atoms with Crippen LogP contribution in [0.5, 0.6) is 17.2 Å². The number of aromatic hydroxyl groups is 3. The molecular formula is C14H12Br2O3. The van der Waals surface area contributed by atoms with E-state index in [1.807, 2.05) is 18.2 Å². The molecule has 0 aliphatic heterocycles. The molecule has 3 N–H and O–H groups in total. The second-order valence-corrected chi connectivity index (χ2v) is 5.90. The Morgan fingerprint density at radius 3 is 2.21 bits per heavy atom. The van der Waals surface area contributed by atoms with Gasteiger partial charge in [0.2, 0.25) is 5.75 Å². The average molecular weight is 388 g/mol. The number of benzene rings is 2. The molecule has 2 rings (SSSR count). The van der Waals surface area contributed by atoms with Crippen LogP contribution in [0.4, 0.5) is 0 Å². The lowest BCUT2D eigenvalue weighted by Crippen LogP contribution is -1.92. The van der Waals surface area contributed by atoms with E-state index >= 15 is 0 Å². The quantitative estimate of drug-likeness (QED) is 0.694. The fourth-order valence-electron chi connectivity index (χ4n) is 1.79. The summed E-state index contributed by atoms with van der Waals surface area (Å²) in [6.07, 6.45) is 1.30. The molecule has 19 heavy (non-hydrogen) atoms. The van der Waals surface area contributed by atoms with E-state index in [0.717, 1.165) is 20.9 Å². The molecule has 5 heteroatoms. The van der Waals surface area contributed by atoms with Crippen LogP contribution in [-0.2, 0) is 12.8 Å². The minimum Gasteiger partial charge on any atom is -0.504 e. The Morgan fingerprint density at radius 2 is 1.53 bits per heavy atom. The minimum absolute atomic E-state index is 0.254. The third-order valence-electron chi connectivity index (χ3n) is 2.88. The van der Waals surface area contributed by atoms with Crippen molar-refractivity contribution in [2.24, 2.45) is 0 Å². The highest BCUT2D eigenvalue weighted by molar-refractivity contribution is 9.13. The topological polar surface area (TPSA) is 60.7 Å². The fraction of sp³-hybridized carbons (Fsp3) is 0.143.